The Morgan fingerprint density at radius 3 is 2.53 bits per heavy atom. The van der Waals surface area contributed by atoms with Crippen molar-refractivity contribution in [3.8, 4) is 11.3 Å². The van der Waals surface area contributed by atoms with Crippen LogP contribution in [0.15, 0.2) is 54.6 Å². The fourth-order valence-corrected chi connectivity index (χ4v) is 4.60. The molecule has 0 aliphatic carbocycles. The topological polar surface area (TPSA) is 114 Å². The van der Waals surface area contributed by atoms with E-state index < -0.39 is 27.8 Å². The minimum atomic E-state index is -4.00. The van der Waals surface area contributed by atoms with E-state index in [1.54, 1.807) is 19.1 Å². The molecule has 156 valence electrons. The maximum atomic E-state index is 12.4. The van der Waals surface area contributed by atoms with Crippen LogP contribution in [0.5, 0.6) is 0 Å². The number of carbonyl (C=O) groups excluding carboxylic acids is 2. The van der Waals surface area contributed by atoms with Crippen molar-refractivity contribution >= 4 is 38.4 Å². The summed E-state index contributed by atoms with van der Waals surface area (Å²) in [5.41, 5.74) is 1.94. The van der Waals surface area contributed by atoms with Crippen LogP contribution in [-0.4, -0.2) is 32.5 Å². The van der Waals surface area contributed by atoms with Crippen molar-refractivity contribution in [3.05, 3.63) is 70.7 Å². The summed E-state index contributed by atoms with van der Waals surface area (Å²) in [6.45, 7) is 1.80. The Bertz CT molecular complexity index is 1170. The quantitative estimate of drug-likeness (QED) is 0.561. The number of benzene rings is 2. The van der Waals surface area contributed by atoms with E-state index in [9.17, 15) is 18.0 Å². The average molecular weight is 446 g/mol. The Hall–Kier alpha value is -3.24. The third kappa shape index (κ3) is 5.43. The zero-order chi connectivity index (χ0) is 21.7. The lowest BCUT2D eigenvalue weighted by atomic mass is 10.1. The molecule has 2 N–H and O–H groups in total. The van der Waals surface area contributed by atoms with Gasteiger partial charge >= 0.3 is 12.0 Å². The average Bonchev–Trinajstić information content (AvgIpc) is 3.07. The summed E-state index contributed by atoms with van der Waals surface area (Å²) in [6.07, 6.45) is 0. The summed E-state index contributed by atoms with van der Waals surface area (Å²) in [4.78, 5) is 28.4. The number of nitrogens with zero attached hydrogens (tertiary/aromatic N) is 1. The van der Waals surface area contributed by atoms with Gasteiger partial charge in [0.1, 0.15) is 10.7 Å². The molecule has 3 rings (SSSR count). The first kappa shape index (κ1) is 21.5. The Labute approximate surface area is 178 Å². The molecule has 0 fully saturated rings. The van der Waals surface area contributed by atoms with E-state index in [-0.39, 0.29) is 5.56 Å². The molecule has 0 bridgehead atoms. The molecule has 0 aliphatic heterocycles. The fourth-order valence-electron chi connectivity index (χ4n) is 2.73. The van der Waals surface area contributed by atoms with Gasteiger partial charge in [-0.05, 0) is 24.6 Å². The summed E-state index contributed by atoms with van der Waals surface area (Å²) in [6, 6.07) is 14.4. The summed E-state index contributed by atoms with van der Waals surface area (Å²) in [5, 5.41) is 3.74. The van der Waals surface area contributed by atoms with E-state index in [1.165, 1.54) is 30.6 Å². The van der Waals surface area contributed by atoms with Crippen molar-refractivity contribution in [1.82, 2.24) is 9.71 Å². The Balaban J connectivity index is 1.72. The van der Waals surface area contributed by atoms with Gasteiger partial charge in [0, 0.05) is 5.56 Å². The highest BCUT2D eigenvalue weighted by atomic mass is 32.2. The number of ether oxygens (including phenoxy) is 1. The molecule has 0 saturated heterocycles. The van der Waals surface area contributed by atoms with Gasteiger partial charge in [0.15, 0.2) is 0 Å². The highest BCUT2D eigenvalue weighted by Crippen LogP contribution is 2.32. The van der Waals surface area contributed by atoms with Crippen LogP contribution in [0.4, 0.5) is 9.80 Å². The van der Waals surface area contributed by atoms with Crippen LogP contribution in [0.2, 0.25) is 0 Å². The second kappa shape index (κ2) is 9.06. The van der Waals surface area contributed by atoms with Crippen LogP contribution in [0.1, 0.15) is 20.9 Å². The van der Waals surface area contributed by atoms with Gasteiger partial charge in [0.05, 0.1) is 23.4 Å². The first-order valence-electron chi connectivity index (χ1n) is 8.79. The van der Waals surface area contributed by atoms with Crippen LogP contribution < -0.4 is 10.0 Å². The molecule has 1 heterocycles. The SMILES string of the molecule is COC(=O)c1cccc(CS(=O)(=O)NC(=O)Nc2sc(C)nc2-c2ccccc2)c1. The number of hydrogen-bond donors (Lipinski definition) is 2. The highest BCUT2D eigenvalue weighted by Gasteiger charge is 2.19. The number of aromatic nitrogens is 1. The van der Waals surface area contributed by atoms with E-state index in [1.807, 2.05) is 35.1 Å². The lowest BCUT2D eigenvalue weighted by Gasteiger charge is -2.09. The molecule has 0 aliphatic rings. The Morgan fingerprint density at radius 2 is 1.83 bits per heavy atom. The molecular formula is C20H19N3O5S2. The molecule has 8 nitrogen and oxygen atoms in total. The number of anilines is 1. The van der Waals surface area contributed by atoms with E-state index in [0.717, 1.165) is 10.6 Å². The van der Waals surface area contributed by atoms with Crippen LogP contribution >= 0.6 is 11.3 Å². The zero-order valence-corrected chi connectivity index (χ0v) is 17.8. The molecular weight excluding hydrogens is 426 g/mol. The minimum absolute atomic E-state index is 0.224. The van der Waals surface area contributed by atoms with Crippen LogP contribution in [0.25, 0.3) is 11.3 Å². The largest absolute Gasteiger partial charge is 0.465 e. The molecule has 0 spiro atoms. The molecule has 2 amide bonds. The number of aryl methyl sites for hydroxylation is 1. The number of sulfonamides is 1. The summed E-state index contributed by atoms with van der Waals surface area (Å²) in [7, 11) is -2.77. The van der Waals surface area contributed by atoms with Crippen molar-refractivity contribution < 1.29 is 22.7 Å². The first-order valence-corrected chi connectivity index (χ1v) is 11.3. The number of rotatable bonds is 6. The third-order valence-corrected chi connectivity index (χ3v) is 6.06. The van der Waals surface area contributed by atoms with E-state index >= 15 is 0 Å². The van der Waals surface area contributed by atoms with Gasteiger partial charge in [0.2, 0.25) is 10.0 Å². The Kier molecular flexibility index (Phi) is 6.48. The smallest absolute Gasteiger partial charge is 0.337 e. The van der Waals surface area contributed by atoms with Gasteiger partial charge in [-0.3, -0.25) is 5.32 Å². The number of nitrogens with one attached hydrogen (secondary N) is 2. The number of thiazole rings is 1. The second-order valence-electron chi connectivity index (χ2n) is 6.28. The lowest BCUT2D eigenvalue weighted by Crippen LogP contribution is -2.35. The summed E-state index contributed by atoms with van der Waals surface area (Å²) >= 11 is 1.25. The van der Waals surface area contributed by atoms with Crippen molar-refractivity contribution in [2.45, 2.75) is 12.7 Å². The predicted molar refractivity (Wildman–Crippen MR) is 115 cm³/mol. The van der Waals surface area contributed by atoms with Crippen molar-refractivity contribution in [2.24, 2.45) is 0 Å². The van der Waals surface area contributed by atoms with Crippen LogP contribution in [-0.2, 0) is 20.5 Å². The van der Waals surface area contributed by atoms with Crippen molar-refractivity contribution in [3.63, 3.8) is 0 Å². The second-order valence-corrected chi connectivity index (χ2v) is 9.21. The molecule has 1 aromatic heterocycles. The normalized spacial score (nSPS) is 11.0. The van der Waals surface area contributed by atoms with Gasteiger partial charge in [0.25, 0.3) is 0 Å². The summed E-state index contributed by atoms with van der Waals surface area (Å²) in [5.74, 6) is -1.05. The van der Waals surface area contributed by atoms with E-state index in [4.69, 9.17) is 0 Å². The predicted octanol–water partition coefficient (Wildman–Crippen LogP) is 3.56. The van der Waals surface area contributed by atoms with Crippen LogP contribution in [0.3, 0.4) is 0 Å². The number of urea groups is 1. The zero-order valence-electron chi connectivity index (χ0n) is 16.2. The van der Waals surface area contributed by atoms with Gasteiger partial charge in [-0.25, -0.2) is 27.7 Å². The first-order chi connectivity index (χ1) is 14.3. The highest BCUT2D eigenvalue weighted by molar-refractivity contribution is 7.89. The molecule has 0 atom stereocenters. The molecule has 30 heavy (non-hydrogen) atoms. The fraction of sp³-hybridized carbons (Fsp3) is 0.150. The van der Waals surface area contributed by atoms with E-state index in [2.05, 4.69) is 15.0 Å². The van der Waals surface area contributed by atoms with Gasteiger partial charge < -0.3 is 4.74 Å². The van der Waals surface area contributed by atoms with Crippen molar-refractivity contribution in [2.75, 3.05) is 12.4 Å². The van der Waals surface area contributed by atoms with Gasteiger partial charge in [-0.1, -0.05) is 42.5 Å². The molecule has 2 aromatic carbocycles. The number of esters is 1. The molecule has 0 radical (unpaired) electrons. The van der Waals surface area contributed by atoms with Crippen molar-refractivity contribution in [1.29, 1.82) is 0 Å². The molecule has 0 unspecified atom stereocenters. The van der Waals surface area contributed by atoms with Gasteiger partial charge in [-0.15, -0.1) is 11.3 Å². The molecule has 0 saturated carbocycles. The molecule has 10 heteroatoms. The molecule has 3 aromatic rings. The van der Waals surface area contributed by atoms with E-state index in [0.29, 0.717) is 16.3 Å². The number of carbonyl (C=O) groups is 2. The standard InChI is InChI=1S/C20H19N3O5S2/c1-13-21-17(15-8-4-3-5-9-15)18(29-13)22-20(25)23-30(26,27)12-14-7-6-10-16(11-14)19(24)28-2/h3-11H,12H2,1-2H3,(H2,22,23,25). The number of hydrogen-bond acceptors (Lipinski definition) is 7. The number of amides is 2. The summed E-state index contributed by atoms with van der Waals surface area (Å²) < 4.78 is 31.4. The minimum Gasteiger partial charge on any atom is -0.465 e. The monoisotopic (exact) mass is 445 g/mol. The number of methoxy groups -OCH3 is 1. The lowest BCUT2D eigenvalue weighted by molar-refractivity contribution is 0.0600. The maximum absolute atomic E-state index is 12.4. The Morgan fingerprint density at radius 1 is 1.10 bits per heavy atom. The van der Waals surface area contributed by atoms with Crippen LogP contribution in [0, 0.1) is 6.92 Å². The maximum Gasteiger partial charge on any atom is 0.337 e. The third-order valence-electron chi connectivity index (χ3n) is 3.96. The van der Waals surface area contributed by atoms with Gasteiger partial charge in [-0.2, -0.15) is 0 Å².